The van der Waals surface area contributed by atoms with Crippen LogP contribution >= 0.6 is 0 Å². The molecule has 0 heterocycles. The number of aliphatic hydroxyl groups is 1. The summed E-state index contributed by atoms with van der Waals surface area (Å²) in [5.74, 6) is -0.241. The van der Waals surface area contributed by atoms with Gasteiger partial charge in [-0.25, -0.2) is 0 Å². The summed E-state index contributed by atoms with van der Waals surface area (Å²) in [7, 11) is -4.21. The molecule has 0 amide bonds. The highest BCUT2D eigenvalue weighted by Crippen LogP contribution is 2.31. The molecule has 0 aliphatic heterocycles. The molecule has 1 atom stereocenters. The predicted molar refractivity (Wildman–Crippen MR) is 34.9 cm³/mol. The lowest BCUT2D eigenvalue weighted by Crippen LogP contribution is -2.33. The van der Waals surface area contributed by atoms with E-state index in [-0.39, 0.29) is 5.92 Å². The number of hydrogen-bond donors (Lipinski definition) is 2. The molecule has 1 saturated carbocycles. The fourth-order valence-electron chi connectivity index (χ4n) is 0.968. The molecule has 0 bridgehead atoms. The van der Waals surface area contributed by atoms with Crippen molar-refractivity contribution in [3.63, 3.8) is 0 Å². The summed E-state index contributed by atoms with van der Waals surface area (Å²) in [6.07, 6.45) is 2.33. The molecule has 0 aromatic heterocycles. The maximum atomic E-state index is 10.3. The summed E-state index contributed by atoms with van der Waals surface area (Å²) in [5, 5.41) is 8.87. The number of hydrogen-bond acceptors (Lipinski definition) is 3. The van der Waals surface area contributed by atoms with E-state index in [4.69, 9.17) is 9.66 Å². The Morgan fingerprint density at radius 1 is 1.40 bits per heavy atom. The molecule has 1 aliphatic rings. The fraction of sp³-hybridized carbons (Fsp3) is 1.00. The van der Waals surface area contributed by atoms with Crippen LogP contribution in [0.1, 0.15) is 19.3 Å². The van der Waals surface area contributed by atoms with Gasteiger partial charge < -0.3 is 5.11 Å². The Balaban J connectivity index is 2.56. The Labute approximate surface area is 59.6 Å². The molecule has 0 spiro atoms. The van der Waals surface area contributed by atoms with E-state index in [2.05, 4.69) is 0 Å². The number of rotatable bonds is 2. The van der Waals surface area contributed by atoms with Crippen molar-refractivity contribution in [3.8, 4) is 0 Å². The highest BCUT2D eigenvalue weighted by Gasteiger charge is 2.33. The predicted octanol–water partition coefficient (Wildman–Crippen LogP) is -0.00730. The Morgan fingerprint density at radius 2 is 1.90 bits per heavy atom. The van der Waals surface area contributed by atoms with Crippen molar-refractivity contribution in [3.05, 3.63) is 0 Å². The number of aliphatic hydroxyl groups excluding tert-OH is 1. The van der Waals surface area contributed by atoms with Crippen LogP contribution in [0, 0.1) is 5.92 Å². The van der Waals surface area contributed by atoms with Crippen LogP contribution in [-0.2, 0) is 10.1 Å². The summed E-state index contributed by atoms with van der Waals surface area (Å²) < 4.78 is 28.9. The van der Waals surface area contributed by atoms with E-state index in [0.29, 0.717) is 12.8 Å². The maximum Gasteiger partial charge on any atom is 0.292 e. The van der Waals surface area contributed by atoms with Crippen LogP contribution in [0.3, 0.4) is 0 Å². The minimum absolute atomic E-state index is 0.241. The molecule has 1 rings (SSSR count). The van der Waals surface area contributed by atoms with E-state index in [9.17, 15) is 8.42 Å². The average molecular weight is 166 g/mol. The van der Waals surface area contributed by atoms with Gasteiger partial charge in [0.15, 0.2) is 5.44 Å². The van der Waals surface area contributed by atoms with Crippen molar-refractivity contribution in [2.45, 2.75) is 24.7 Å². The maximum absolute atomic E-state index is 10.3. The molecular formula is C5H10O4S. The Hall–Kier alpha value is -0.130. The van der Waals surface area contributed by atoms with Crippen molar-refractivity contribution in [2.24, 2.45) is 5.92 Å². The van der Waals surface area contributed by atoms with Crippen LogP contribution in [0.5, 0.6) is 0 Å². The quantitative estimate of drug-likeness (QED) is 0.566. The van der Waals surface area contributed by atoms with Gasteiger partial charge in [0, 0.05) is 5.92 Å². The van der Waals surface area contributed by atoms with E-state index < -0.39 is 15.6 Å². The van der Waals surface area contributed by atoms with E-state index in [1.54, 1.807) is 0 Å². The monoisotopic (exact) mass is 166 g/mol. The van der Waals surface area contributed by atoms with Crippen LogP contribution in [0.15, 0.2) is 0 Å². The first-order valence-electron chi connectivity index (χ1n) is 3.16. The van der Waals surface area contributed by atoms with Gasteiger partial charge in [-0.15, -0.1) is 0 Å². The highest BCUT2D eigenvalue weighted by molar-refractivity contribution is 7.86. The third-order valence-corrected chi connectivity index (χ3v) is 2.85. The lowest BCUT2D eigenvalue weighted by molar-refractivity contribution is 0.116. The zero-order chi connectivity index (χ0) is 7.78. The van der Waals surface area contributed by atoms with Gasteiger partial charge in [0.05, 0.1) is 0 Å². The zero-order valence-corrected chi connectivity index (χ0v) is 6.21. The first-order valence-corrected chi connectivity index (χ1v) is 4.66. The third-order valence-electron chi connectivity index (χ3n) is 1.86. The minimum atomic E-state index is -4.21. The summed E-state index contributed by atoms with van der Waals surface area (Å²) in [6.45, 7) is 0. The van der Waals surface area contributed by atoms with Gasteiger partial charge in [-0.3, -0.25) is 4.55 Å². The molecule has 1 fully saturated rings. The second kappa shape index (κ2) is 2.48. The minimum Gasteiger partial charge on any atom is -0.375 e. The molecule has 60 valence electrons. The van der Waals surface area contributed by atoms with Gasteiger partial charge in [0.1, 0.15) is 0 Å². The molecule has 5 heteroatoms. The molecule has 0 saturated heterocycles. The molecule has 0 aromatic carbocycles. The van der Waals surface area contributed by atoms with Crippen molar-refractivity contribution in [1.29, 1.82) is 0 Å². The standard InChI is InChI=1S/C5H10O4S/c6-5(10(7,8)9)4-2-1-3-4/h4-6H,1-3H2,(H,7,8,9). The van der Waals surface area contributed by atoms with E-state index in [0.717, 1.165) is 6.42 Å². The van der Waals surface area contributed by atoms with Gasteiger partial charge in [0.25, 0.3) is 10.1 Å². The Kier molecular flexibility index (Phi) is 1.98. The molecule has 2 N–H and O–H groups in total. The molecule has 4 nitrogen and oxygen atoms in total. The van der Waals surface area contributed by atoms with Gasteiger partial charge in [-0.05, 0) is 12.8 Å². The van der Waals surface area contributed by atoms with Crippen LogP contribution in [-0.4, -0.2) is 23.5 Å². The fourth-order valence-corrected chi connectivity index (χ4v) is 1.73. The van der Waals surface area contributed by atoms with E-state index in [1.807, 2.05) is 0 Å². The first-order chi connectivity index (χ1) is 4.52. The summed E-state index contributed by atoms with van der Waals surface area (Å²) in [4.78, 5) is 0. The Bertz CT molecular complexity index is 204. The van der Waals surface area contributed by atoms with Crippen molar-refractivity contribution < 1.29 is 18.1 Å². The van der Waals surface area contributed by atoms with E-state index >= 15 is 0 Å². The zero-order valence-electron chi connectivity index (χ0n) is 5.40. The summed E-state index contributed by atoms with van der Waals surface area (Å²) in [6, 6.07) is 0. The molecule has 10 heavy (non-hydrogen) atoms. The first kappa shape index (κ1) is 7.97. The molecular weight excluding hydrogens is 156 g/mol. The van der Waals surface area contributed by atoms with Crippen LogP contribution in [0.4, 0.5) is 0 Å². The van der Waals surface area contributed by atoms with Gasteiger partial charge in [0.2, 0.25) is 0 Å². The van der Waals surface area contributed by atoms with E-state index in [1.165, 1.54) is 0 Å². The smallest absolute Gasteiger partial charge is 0.292 e. The third kappa shape index (κ3) is 1.47. The highest BCUT2D eigenvalue weighted by atomic mass is 32.2. The van der Waals surface area contributed by atoms with Crippen molar-refractivity contribution in [2.75, 3.05) is 0 Å². The molecule has 1 aliphatic carbocycles. The van der Waals surface area contributed by atoms with Crippen LogP contribution in [0.25, 0.3) is 0 Å². The normalized spacial score (nSPS) is 23.8. The molecule has 0 aromatic rings. The second-order valence-corrected chi connectivity index (χ2v) is 4.11. The molecule has 1 unspecified atom stereocenters. The SMILES string of the molecule is O=S(=O)(O)C(O)C1CCC1. The van der Waals surface area contributed by atoms with Gasteiger partial charge in [-0.2, -0.15) is 8.42 Å². The molecule has 0 radical (unpaired) electrons. The second-order valence-electron chi connectivity index (χ2n) is 2.60. The summed E-state index contributed by atoms with van der Waals surface area (Å²) in [5.41, 5.74) is -1.55. The van der Waals surface area contributed by atoms with Crippen molar-refractivity contribution >= 4 is 10.1 Å². The van der Waals surface area contributed by atoms with Crippen LogP contribution in [0.2, 0.25) is 0 Å². The average Bonchev–Trinajstić information content (AvgIpc) is 1.57. The summed E-state index contributed by atoms with van der Waals surface area (Å²) >= 11 is 0. The topological polar surface area (TPSA) is 74.6 Å². The lowest BCUT2D eigenvalue weighted by atomic mass is 9.86. The lowest BCUT2D eigenvalue weighted by Gasteiger charge is -2.27. The van der Waals surface area contributed by atoms with Gasteiger partial charge in [-0.1, -0.05) is 6.42 Å². The van der Waals surface area contributed by atoms with Gasteiger partial charge >= 0.3 is 0 Å². The van der Waals surface area contributed by atoms with Crippen molar-refractivity contribution in [1.82, 2.24) is 0 Å². The Morgan fingerprint density at radius 3 is 2.00 bits per heavy atom. The van der Waals surface area contributed by atoms with Crippen LogP contribution < -0.4 is 0 Å². The largest absolute Gasteiger partial charge is 0.375 e.